The number of halogens is 2. The number of aromatic carboxylic acids is 2. The van der Waals surface area contributed by atoms with Crippen LogP contribution in [0.3, 0.4) is 0 Å². The number of carbonyl (C=O) groups excluding carboxylic acids is 1. The minimum atomic E-state index is -1.31. The number of hydrogen-bond donors (Lipinski definition) is 5. The molecule has 0 spiro atoms. The van der Waals surface area contributed by atoms with Gasteiger partial charge in [0.05, 0.1) is 16.5 Å². The third kappa shape index (κ3) is 9.98. The monoisotopic (exact) mass is 664 g/mol. The predicted molar refractivity (Wildman–Crippen MR) is 172 cm³/mol. The first-order valence-corrected chi connectivity index (χ1v) is 14.1. The first-order chi connectivity index (χ1) is 21.9. The molecular weight excluding hydrogens is 639 g/mol. The minimum Gasteiger partial charge on any atom is -0.507 e. The molecule has 0 heterocycles. The highest BCUT2D eigenvalue weighted by atomic mass is 35.5. The number of aromatic hydroxyl groups is 2. The summed E-state index contributed by atoms with van der Waals surface area (Å²) in [5.41, 5.74) is 0.0551. The van der Waals surface area contributed by atoms with Crippen LogP contribution in [0.5, 0.6) is 23.0 Å². The third-order valence-electron chi connectivity index (χ3n) is 6.11. The van der Waals surface area contributed by atoms with Crippen LogP contribution in [0.15, 0.2) is 103 Å². The molecule has 0 aliphatic heterocycles. The van der Waals surface area contributed by atoms with Gasteiger partial charge in [0.15, 0.2) is 5.78 Å². The molecule has 0 saturated carbocycles. The number of ether oxygens (including phenoxy) is 1. The second-order valence-electron chi connectivity index (χ2n) is 9.34. The zero-order chi connectivity index (χ0) is 33.8. The van der Waals surface area contributed by atoms with Gasteiger partial charge in [0.1, 0.15) is 34.1 Å². The molecule has 0 fully saturated rings. The number of phenols is 2. The van der Waals surface area contributed by atoms with E-state index in [1.54, 1.807) is 30.3 Å². The van der Waals surface area contributed by atoms with E-state index < -0.39 is 23.7 Å². The van der Waals surface area contributed by atoms with Crippen molar-refractivity contribution in [2.24, 2.45) is 0 Å². The van der Waals surface area contributed by atoms with Gasteiger partial charge in [-0.25, -0.2) is 9.59 Å². The van der Waals surface area contributed by atoms with Crippen LogP contribution in [-0.2, 0) is 4.79 Å². The number of fused-ring (bicyclic) bond motifs is 1. The van der Waals surface area contributed by atoms with Crippen molar-refractivity contribution in [3.05, 3.63) is 130 Å². The van der Waals surface area contributed by atoms with Crippen molar-refractivity contribution in [1.29, 1.82) is 0 Å². The Hall–Kier alpha value is -5.58. The summed E-state index contributed by atoms with van der Waals surface area (Å²) in [7, 11) is 0. The van der Waals surface area contributed by atoms with Gasteiger partial charge in [-0.15, -0.1) is 0 Å². The molecule has 0 unspecified atom stereocenters. The van der Waals surface area contributed by atoms with E-state index in [2.05, 4.69) is 0 Å². The number of hydrogen-bond acceptors (Lipinski definition) is 7. The van der Waals surface area contributed by atoms with Crippen molar-refractivity contribution in [3.8, 4) is 23.0 Å². The first kappa shape index (κ1) is 34.9. The summed E-state index contributed by atoms with van der Waals surface area (Å²) >= 11 is 11.0. The van der Waals surface area contributed by atoms with Gasteiger partial charge in [0.2, 0.25) is 0 Å². The normalized spacial score (nSPS) is 10.0. The molecule has 0 bridgehead atoms. The molecule has 5 rings (SSSR count). The van der Waals surface area contributed by atoms with Gasteiger partial charge in [0.25, 0.3) is 0 Å². The van der Waals surface area contributed by atoms with Gasteiger partial charge >= 0.3 is 17.9 Å². The average molecular weight is 665 g/mol. The van der Waals surface area contributed by atoms with Crippen LogP contribution < -0.4 is 4.74 Å². The molecule has 5 N–H and O–H groups in total. The standard InChI is InChI=1S/C16H14O4.C11H8O3.C7H4Cl2O3/c17-15(10-11-16(18)19)12-6-8-14(9-7-12)20-13-4-2-1-3-5-13;12-10-6-8-4-2-1-3-7(8)5-9(10)11(13)14;8-3-1-2-4(9)6(10)5(3)7(11)12/h1-9H,10-11H2,(H,18,19);1-6,12H,(H,13,14);1-2,10H,(H,11,12). The Bertz CT molecular complexity index is 1860. The van der Waals surface area contributed by atoms with E-state index >= 15 is 0 Å². The Morgan fingerprint density at radius 2 is 1.15 bits per heavy atom. The van der Waals surface area contributed by atoms with Gasteiger partial charge in [0, 0.05) is 12.0 Å². The Morgan fingerprint density at radius 3 is 1.70 bits per heavy atom. The molecule has 0 atom stereocenters. The van der Waals surface area contributed by atoms with E-state index in [0.717, 1.165) is 16.5 Å². The van der Waals surface area contributed by atoms with Crippen LogP contribution in [0, 0.1) is 0 Å². The molecule has 0 aliphatic rings. The summed E-state index contributed by atoms with van der Waals surface area (Å²) in [5.74, 6) is -2.93. The van der Waals surface area contributed by atoms with Crippen LogP contribution in [0.2, 0.25) is 10.0 Å². The first-order valence-electron chi connectivity index (χ1n) is 13.3. The average Bonchev–Trinajstić information content (AvgIpc) is 3.03. The molecule has 5 aromatic carbocycles. The van der Waals surface area contributed by atoms with E-state index in [1.807, 2.05) is 48.5 Å². The lowest BCUT2D eigenvalue weighted by molar-refractivity contribution is -0.136. The number of para-hydroxylation sites is 1. The highest BCUT2D eigenvalue weighted by Crippen LogP contribution is 2.32. The predicted octanol–water partition coefficient (Wildman–Crippen LogP) is 8.17. The summed E-state index contributed by atoms with van der Waals surface area (Å²) in [6.07, 6.45) is -0.144. The zero-order valence-electron chi connectivity index (χ0n) is 23.8. The van der Waals surface area contributed by atoms with Crippen molar-refractivity contribution >= 4 is 57.7 Å². The molecule has 5 aromatic rings. The quantitative estimate of drug-likeness (QED) is 0.102. The number of carboxylic acid groups (broad SMARTS) is 3. The lowest BCUT2D eigenvalue weighted by atomic mass is 10.1. The summed E-state index contributed by atoms with van der Waals surface area (Å²) in [6.45, 7) is 0. The maximum absolute atomic E-state index is 11.7. The fraction of sp³-hybridized carbons (Fsp3) is 0.0588. The van der Waals surface area contributed by atoms with Crippen LogP contribution in [0.1, 0.15) is 43.9 Å². The van der Waals surface area contributed by atoms with Gasteiger partial charge in [-0.3, -0.25) is 9.59 Å². The maximum atomic E-state index is 11.7. The van der Waals surface area contributed by atoms with Gasteiger partial charge in [-0.05, 0) is 71.4 Å². The van der Waals surface area contributed by atoms with E-state index in [4.69, 9.17) is 48.4 Å². The molecule has 0 saturated heterocycles. The largest absolute Gasteiger partial charge is 0.507 e. The fourth-order valence-electron chi connectivity index (χ4n) is 3.84. The Morgan fingerprint density at radius 1 is 0.609 bits per heavy atom. The van der Waals surface area contributed by atoms with Gasteiger partial charge in [-0.2, -0.15) is 0 Å². The summed E-state index contributed by atoms with van der Waals surface area (Å²) < 4.78 is 5.61. The second kappa shape index (κ2) is 16.5. The van der Waals surface area contributed by atoms with E-state index in [-0.39, 0.29) is 45.5 Å². The fourth-order valence-corrected chi connectivity index (χ4v) is 4.23. The Labute approximate surface area is 272 Å². The topological polar surface area (TPSA) is 179 Å². The summed E-state index contributed by atoms with van der Waals surface area (Å²) in [4.78, 5) is 43.3. The summed E-state index contributed by atoms with van der Waals surface area (Å²) in [5, 5.41) is 46.0. The number of benzene rings is 5. The lowest BCUT2D eigenvalue weighted by Gasteiger charge is -2.06. The molecule has 0 aromatic heterocycles. The molecule has 0 radical (unpaired) electrons. The Kier molecular flexibility index (Phi) is 12.5. The van der Waals surface area contributed by atoms with Crippen LogP contribution in [0.25, 0.3) is 10.8 Å². The third-order valence-corrected chi connectivity index (χ3v) is 6.73. The minimum absolute atomic E-state index is 0.00816. The number of Topliss-reactive ketones (excluding diaryl/α,β-unsaturated/α-hetero) is 1. The van der Waals surface area contributed by atoms with E-state index in [1.165, 1.54) is 24.3 Å². The highest BCUT2D eigenvalue weighted by Gasteiger charge is 2.16. The van der Waals surface area contributed by atoms with Crippen LogP contribution in [0.4, 0.5) is 0 Å². The molecule has 0 amide bonds. The molecule has 10 nitrogen and oxygen atoms in total. The molecule has 0 aliphatic carbocycles. The van der Waals surface area contributed by atoms with Crippen LogP contribution in [-0.4, -0.2) is 49.2 Å². The van der Waals surface area contributed by atoms with E-state index in [9.17, 15) is 24.3 Å². The number of rotatable bonds is 8. The lowest BCUT2D eigenvalue weighted by Crippen LogP contribution is -2.03. The SMILES string of the molecule is O=C(O)CCC(=O)c1ccc(Oc2ccccc2)cc1.O=C(O)c1c(Cl)ccc(Cl)c1O.O=C(O)c1cc2ccccc2cc1O. The number of carboxylic acids is 3. The summed E-state index contributed by atoms with van der Waals surface area (Å²) in [6, 6.07) is 28.8. The number of carbonyl (C=O) groups is 4. The smallest absolute Gasteiger partial charge is 0.341 e. The van der Waals surface area contributed by atoms with Gasteiger partial charge < -0.3 is 30.3 Å². The van der Waals surface area contributed by atoms with Gasteiger partial charge in [-0.1, -0.05) is 65.7 Å². The van der Waals surface area contributed by atoms with Crippen molar-refractivity contribution in [3.63, 3.8) is 0 Å². The van der Waals surface area contributed by atoms with Crippen LogP contribution >= 0.6 is 23.2 Å². The van der Waals surface area contributed by atoms with Crippen molar-refractivity contribution in [2.45, 2.75) is 12.8 Å². The maximum Gasteiger partial charge on any atom is 0.341 e. The van der Waals surface area contributed by atoms with Crippen molar-refractivity contribution in [2.75, 3.05) is 0 Å². The van der Waals surface area contributed by atoms with Crippen molar-refractivity contribution in [1.82, 2.24) is 0 Å². The molecular formula is C34H26Cl2O10. The molecule has 236 valence electrons. The molecule has 12 heteroatoms. The highest BCUT2D eigenvalue weighted by molar-refractivity contribution is 6.36. The van der Waals surface area contributed by atoms with E-state index in [0.29, 0.717) is 11.3 Å². The number of ketones is 1. The van der Waals surface area contributed by atoms with Crippen molar-refractivity contribution < 1.29 is 49.4 Å². The second-order valence-corrected chi connectivity index (χ2v) is 10.2. The Balaban J connectivity index is 0.000000196. The molecule has 46 heavy (non-hydrogen) atoms. The number of aliphatic carboxylic acids is 1. The zero-order valence-corrected chi connectivity index (χ0v) is 25.3.